The van der Waals surface area contributed by atoms with Crippen molar-refractivity contribution < 1.29 is 9.13 Å². The minimum Gasteiger partial charge on any atom is -0.472 e. The Hall–Kier alpha value is -1.42. The molecule has 1 unspecified atom stereocenters. The molecule has 1 heterocycles. The maximum absolute atomic E-state index is 13.0. The van der Waals surface area contributed by atoms with Gasteiger partial charge < -0.3 is 10.5 Å². The first-order chi connectivity index (χ1) is 7.79. The third-order valence-electron chi connectivity index (χ3n) is 2.52. The van der Waals surface area contributed by atoms with Gasteiger partial charge in [-0.25, -0.2) is 9.38 Å². The second-order valence-corrected chi connectivity index (χ2v) is 3.83. The third-order valence-corrected chi connectivity index (χ3v) is 2.52. The highest BCUT2D eigenvalue weighted by Crippen LogP contribution is 2.16. The topological polar surface area (TPSA) is 47.6 Å². The summed E-state index contributed by atoms with van der Waals surface area (Å²) in [5.41, 5.74) is 6.13. The van der Waals surface area contributed by atoms with Gasteiger partial charge in [0.05, 0.1) is 6.54 Å². The zero-order valence-corrected chi connectivity index (χ0v) is 9.03. The van der Waals surface area contributed by atoms with Crippen molar-refractivity contribution in [3.8, 4) is 0 Å². The molecule has 3 nitrogen and oxygen atoms in total. The van der Waals surface area contributed by atoms with Gasteiger partial charge in [0.1, 0.15) is 11.9 Å². The van der Waals surface area contributed by atoms with Crippen molar-refractivity contribution in [2.75, 3.05) is 13.1 Å². The predicted molar refractivity (Wildman–Crippen MR) is 61.0 cm³/mol. The molecule has 0 fully saturated rings. The molecule has 1 aliphatic heterocycles. The Morgan fingerprint density at radius 1 is 1.50 bits per heavy atom. The lowest BCUT2D eigenvalue weighted by Gasteiger charge is -2.10. The van der Waals surface area contributed by atoms with Crippen LogP contribution in [-0.4, -0.2) is 25.1 Å². The molecule has 1 aromatic carbocycles. The van der Waals surface area contributed by atoms with Crippen molar-refractivity contribution in [1.29, 1.82) is 0 Å². The molecule has 0 saturated heterocycles. The zero-order chi connectivity index (χ0) is 11.4. The van der Waals surface area contributed by atoms with E-state index in [1.54, 1.807) is 12.1 Å². The smallest absolute Gasteiger partial charge is 0.216 e. The first-order valence-corrected chi connectivity index (χ1v) is 5.46. The number of rotatable bonds is 4. The highest BCUT2D eigenvalue weighted by atomic mass is 19.1. The average Bonchev–Trinajstić information content (AvgIpc) is 2.75. The van der Waals surface area contributed by atoms with Crippen LogP contribution in [0.2, 0.25) is 0 Å². The molecule has 2 N–H and O–H groups in total. The first-order valence-electron chi connectivity index (χ1n) is 5.46. The molecule has 0 spiro atoms. The zero-order valence-electron chi connectivity index (χ0n) is 9.03. The number of halogens is 1. The quantitative estimate of drug-likeness (QED) is 0.843. The van der Waals surface area contributed by atoms with Crippen LogP contribution in [0, 0.1) is 5.82 Å². The Balaban J connectivity index is 1.98. The Bertz CT molecular complexity index is 392. The second-order valence-electron chi connectivity index (χ2n) is 3.83. The minimum absolute atomic E-state index is 0.0989. The van der Waals surface area contributed by atoms with E-state index >= 15 is 0 Å². The average molecular weight is 222 g/mol. The van der Waals surface area contributed by atoms with Crippen LogP contribution in [0.25, 0.3) is 0 Å². The van der Waals surface area contributed by atoms with Crippen LogP contribution in [0.3, 0.4) is 0 Å². The second kappa shape index (κ2) is 5.07. The first kappa shape index (κ1) is 11.1. The fraction of sp³-hybridized carbons (Fsp3) is 0.417. The highest BCUT2D eigenvalue weighted by molar-refractivity contribution is 5.95. The number of hydrogen-bond acceptors (Lipinski definition) is 3. The molecule has 0 saturated carbocycles. The standard InChI is InChI=1S/C12H15FN2O/c13-10-4-1-3-9(7-10)12-15-8-11(16-12)5-2-6-14/h1,3-4,7,11H,2,5-6,8,14H2. The van der Waals surface area contributed by atoms with Crippen LogP contribution < -0.4 is 5.73 Å². The number of ether oxygens (including phenoxy) is 1. The summed E-state index contributed by atoms with van der Waals surface area (Å²) in [7, 11) is 0. The van der Waals surface area contributed by atoms with Gasteiger partial charge in [0, 0.05) is 5.56 Å². The van der Waals surface area contributed by atoms with Crippen LogP contribution in [0.15, 0.2) is 29.3 Å². The van der Waals surface area contributed by atoms with E-state index in [9.17, 15) is 4.39 Å². The highest BCUT2D eigenvalue weighted by Gasteiger charge is 2.20. The van der Waals surface area contributed by atoms with E-state index in [-0.39, 0.29) is 11.9 Å². The van der Waals surface area contributed by atoms with Gasteiger partial charge in [0.2, 0.25) is 5.90 Å². The van der Waals surface area contributed by atoms with Crippen LogP contribution in [0.5, 0.6) is 0 Å². The molecule has 1 aliphatic rings. The fourth-order valence-electron chi connectivity index (χ4n) is 1.69. The lowest BCUT2D eigenvalue weighted by atomic mass is 10.2. The molecule has 0 aliphatic carbocycles. The van der Waals surface area contributed by atoms with Gasteiger partial charge in [-0.2, -0.15) is 0 Å². The minimum atomic E-state index is -0.269. The summed E-state index contributed by atoms with van der Waals surface area (Å²) < 4.78 is 18.6. The summed E-state index contributed by atoms with van der Waals surface area (Å²) in [5, 5.41) is 0. The molecule has 0 aromatic heterocycles. The van der Waals surface area contributed by atoms with Gasteiger partial charge in [0.25, 0.3) is 0 Å². The van der Waals surface area contributed by atoms with E-state index in [0.29, 0.717) is 24.6 Å². The normalized spacial score (nSPS) is 19.4. The monoisotopic (exact) mass is 222 g/mol. The van der Waals surface area contributed by atoms with E-state index in [0.717, 1.165) is 12.8 Å². The summed E-state index contributed by atoms with van der Waals surface area (Å²) >= 11 is 0. The van der Waals surface area contributed by atoms with E-state index in [1.165, 1.54) is 12.1 Å². The van der Waals surface area contributed by atoms with Crippen LogP contribution in [0.1, 0.15) is 18.4 Å². The molecule has 0 amide bonds. The molecule has 2 rings (SSSR count). The summed E-state index contributed by atoms with van der Waals surface area (Å²) in [6.45, 7) is 1.31. The molecule has 0 radical (unpaired) electrons. The van der Waals surface area contributed by atoms with Gasteiger partial charge in [-0.1, -0.05) is 6.07 Å². The molecule has 1 atom stereocenters. The van der Waals surface area contributed by atoms with E-state index in [4.69, 9.17) is 10.5 Å². The van der Waals surface area contributed by atoms with Crippen molar-refractivity contribution in [2.24, 2.45) is 10.7 Å². The van der Waals surface area contributed by atoms with Crippen molar-refractivity contribution in [2.45, 2.75) is 18.9 Å². The summed E-state index contributed by atoms with van der Waals surface area (Å²) in [5.74, 6) is 0.274. The summed E-state index contributed by atoms with van der Waals surface area (Å²) in [4.78, 5) is 4.27. The molecular formula is C12H15FN2O. The molecule has 86 valence electrons. The van der Waals surface area contributed by atoms with Gasteiger partial charge in [-0.05, 0) is 37.6 Å². The van der Waals surface area contributed by atoms with Crippen molar-refractivity contribution >= 4 is 5.90 Å². The number of hydrogen-bond donors (Lipinski definition) is 1. The van der Waals surface area contributed by atoms with Crippen molar-refractivity contribution in [1.82, 2.24) is 0 Å². The SMILES string of the molecule is NCCCC1CN=C(c2cccc(F)c2)O1. The fourth-order valence-corrected chi connectivity index (χ4v) is 1.69. The maximum atomic E-state index is 13.0. The lowest BCUT2D eigenvalue weighted by molar-refractivity contribution is 0.211. The van der Waals surface area contributed by atoms with Gasteiger partial charge in [0.15, 0.2) is 0 Å². The van der Waals surface area contributed by atoms with E-state index in [1.807, 2.05) is 0 Å². The van der Waals surface area contributed by atoms with Crippen molar-refractivity contribution in [3.63, 3.8) is 0 Å². The number of benzene rings is 1. The van der Waals surface area contributed by atoms with E-state index in [2.05, 4.69) is 4.99 Å². The lowest BCUT2D eigenvalue weighted by Crippen LogP contribution is -2.15. The van der Waals surface area contributed by atoms with Gasteiger partial charge >= 0.3 is 0 Å². The maximum Gasteiger partial charge on any atom is 0.216 e. The molecule has 4 heteroatoms. The van der Waals surface area contributed by atoms with Crippen LogP contribution in [-0.2, 0) is 4.74 Å². The molecular weight excluding hydrogens is 207 g/mol. The van der Waals surface area contributed by atoms with Gasteiger partial charge in [-0.3, -0.25) is 0 Å². The van der Waals surface area contributed by atoms with Crippen molar-refractivity contribution in [3.05, 3.63) is 35.6 Å². The summed E-state index contributed by atoms with van der Waals surface area (Å²) in [6.07, 6.45) is 1.93. The number of nitrogens with two attached hydrogens (primary N) is 1. The number of aliphatic imine (C=N–C) groups is 1. The van der Waals surface area contributed by atoms with Crippen LogP contribution in [0.4, 0.5) is 4.39 Å². The third kappa shape index (κ3) is 2.58. The predicted octanol–water partition coefficient (Wildman–Crippen LogP) is 1.71. The summed E-state index contributed by atoms with van der Waals surface area (Å²) in [6, 6.07) is 6.30. The van der Waals surface area contributed by atoms with E-state index < -0.39 is 0 Å². The van der Waals surface area contributed by atoms with Gasteiger partial charge in [-0.15, -0.1) is 0 Å². The van der Waals surface area contributed by atoms with Crippen LogP contribution >= 0.6 is 0 Å². The molecule has 0 bridgehead atoms. The Kier molecular flexibility index (Phi) is 3.51. The molecule has 1 aromatic rings. The number of nitrogens with zero attached hydrogens (tertiary/aromatic N) is 1. The Morgan fingerprint density at radius 2 is 2.38 bits per heavy atom. The largest absolute Gasteiger partial charge is 0.472 e. The Morgan fingerprint density at radius 3 is 3.12 bits per heavy atom. The molecule has 16 heavy (non-hydrogen) atoms. The Labute approximate surface area is 94.1 Å².